The van der Waals surface area contributed by atoms with Gasteiger partial charge in [-0.3, -0.25) is 4.79 Å². The molecule has 9 rings (SSSR count). The van der Waals surface area contributed by atoms with Crippen LogP contribution >= 0.6 is 23.5 Å². The third-order valence-corrected chi connectivity index (χ3v) is 14.0. The molecule has 79 heavy (non-hydrogen) atoms. The number of carbonyl (C=O) groups is 1. The molecule has 18 heteroatoms. The molecule has 0 aliphatic carbocycles. The Bertz CT molecular complexity index is 3510. The molecule has 9 aromatic carbocycles. The molecule has 0 saturated heterocycles. The van der Waals surface area contributed by atoms with Crippen molar-refractivity contribution in [3.05, 3.63) is 291 Å². The summed E-state index contributed by atoms with van der Waals surface area (Å²) < 4.78 is 176. The normalized spacial score (nSPS) is 10.4. The highest BCUT2D eigenvalue weighted by molar-refractivity contribution is 7.99. The Hall–Kier alpha value is -7.54. The van der Waals surface area contributed by atoms with Crippen LogP contribution in [-0.2, 0) is 9.84 Å². The molecule has 0 unspecified atom stereocenters. The van der Waals surface area contributed by atoms with Crippen LogP contribution in [0.5, 0.6) is 0 Å². The van der Waals surface area contributed by atoms with Crippen LogP contribution in [0.1, 0.15) is 43.7 Å². The van der Waals surface area contributed by atoms with Crippen molar-refractivity contribution in [1.82, 2.24) is 0 Å². The zero-order valence-corrected chi connectivity index (χ0v) is 45.3. The molecule has 9 aromatic rings. The first-order valence-electron chi connectivity index (χ1n) is 23.1. The number of halogens is 12. The first-order valence-corrected chi connectivity index (χ1v) is 26.6. The van der Waals surface area contributed by atoms with E-state index in [1.165, 1.54) is 133 Å². The van der Waals surface area contributed by atoms with Gasteiger partial charge in [-0.15, -0.1) is 11.8 Å². The third kappa shape index (κ3) is 21.3. The van der Waals surface area contributed by atoms with E-state index in [4.69, 9.17) is 0 Å². The Kier molecular flexibility index (Phi) is 24.8. The number of thioether (sulfide) groups is 1. The molecular weight excluding hydrogens is 1100 g/mol. The van der Waals surface area contributed by atoms with Crippen molar-refractivity contribution in [2.75, 3.05) is 6.26 Å². The van der Waals surface area contributed by atoms with Gasteiger partial charge >= 0.3 is 0 Å². The van der Waals surface area contributed by atoms with Gasteiger partial charge in [0.25, 0.3) is 0 Å². The SMILES string of the molecule is CSc1cc(F)cc(F)c1.Cc1cc(C(=O)c2ccc(F)cc2)ccc1F.Cc1cc(F)cc(F)c1.Cc1ccc(F)cc1F.Cc1ccc(S(=O)(=O)c2ccc(F)cc2)cc1F.Cc1ccc(Sc2ccc(F)cc2)cc1F. The molecule has 0 aliphatic rings. The van der Waals surface area contributed by atoms with Crippen molar-refractivity contribution < 1.29 is 65.9 Å². The van der Waals surface area contributed by atoms with Crippen molar-refractivity contribution in [1.29, 1.82) is 0 Å². The average molecular weight is 1150 g/mol. The highest BCUT2D eigenvalue weighted by atomic mass is 32.2. The van der Waals surface area contributed by atoms with E-state index in [0.717, 1.165) is 58.3 Å². The summed E-state index contributed by atoms with van der Waals surface area (Å²) in [6.45, 7) is 8.10. The number of hydrogen-bond donors (Lipinski definition) is 0. The maximum atomic E-state index is 13.4. The van der Waals surface area contributed by atoms with Gasteiger partial charge in [0.15, 0.2) is 5.78 Å². The largest absolute Gasteiger partial charge is 0.289 e. The van der Waals surface area contributed by atoms with Gasteiger partial charge in [-0.25, -0.2) is 61.1 Å². The lowest BCUT2D eigenvalue weighted by Gasteiger charge is -2.05. The number of benzene rings is 9. The molecule has 0 radical (unpaired) electrons. The van der Waals surface area contributed by atoms with Crippen LogP contribution < -0.4 is 0 Å². The zero-order valence-electron chi connectivity index (χ0n) is 42.8. The van der Waals surface area contributed by atoms with E-state index < -0.39 is 62.2 Å². The standard InChI is InChI=1S/C14H10F2O.C13H10F2O2S.C13H10F2S.C7H6F2S.2C7H6F2/c1-9-8-11(4-7-13(9)16)14(17)10-2-5-12(15)6-3-10;1-9-2-5-12(8-13(9)15)18(16,17)11-6-3-10(14)4-7-11;1-9-2-5-12(8-13(9)15)16-11-6-3-10(14)4-7-11;1-10-7-3-5(8)2-6(9)4-7;1-5-2-6(8)4-7(9)3-5;1-5-2-3-6(8)4-7(5)9/h2-8H,1H3;2-8H,1H3;2-8H,1H3;2-4H,1H3;2*2-4H,1H3. The fourth-order valence-electron chi connectivity index (χ4n) is 6.23. The molecule has 0 N–H and O–H groups in total. The maximum Gasteiger partial charge on any atom is 0.206 e. The van der Waals surface area contributed by atoms with Crippen LogP contribution in [-0.4, -0.2) is 20.5 Å². The molecule has 3 nitrogen and oxygen atoms in total. The Balaban J connectivity index is 0.000000209. The number of sulfone groups is 1. The van der Waals surface area contributed by atoms with Gasteiger partial charge in [-0.2, -0.15) is 0 Å². The van der Waals surface area contributed by atoms with E-state index in [2.05, 4.69) is 0 Å². The van der Waals surface area contributed by atoms with Gasteiger partial charge in [-0.1, -0.05) is 30.0 Å². The number of ketones is 1. The minimum Gasteiger partial charge on any atom is -0.289 e. The molecule has 0 bridgehead atoms. The molecule has 0 aliphatic heterocycles. The summed E-state index contributed by atoms with van der Waals surface area (Å²) in [6, 6.07) is 39.2. The predicted octanol–water partition coefficient (Wildman–Crippen LogP) is 18.3. The molecule has 0 fully saturated rings. The fourth-order valence-corrected chi connectivity index (χ4v) is 8.80. The number of hydrogen-bond acceptors (Lipinski definition) is 5. The van der Waals surface area contributed by atoms with Crippen molar-refractivity contribution in [3.8, 4) is 0 Å². The highest BCUT2D eigenvalue weighted by Crippen LogP contribution is 2.29. The average Bonchev–Trinajstić information content (AvgIpc) is 3.40. The molecule has 0 saturated carbocycles. The molecular formula is C61H48F12O3S3. The summed E-state index contributed by atoms with van der Waals surface area (Å²) in [5, 5.41) is 0. The van der Waals surface area contributed by atoms with E-state index in [-0.39, 0.29) is 33.0 Å². The Labute approximate surface area is 458 Å². The molecule has 412 valence electrons. The van der Waals surface area contributed by atoms with E-state index in [1.807, 2.05) is 6.07 Å². The third-order valence-electron chi connectivity index (χ3n) is 10.5. The minimum absolute atomic E-state index is 0.0628. The molecule has 0 spiro atoms. The van der Waals surface area contributed by atoms with Crippen molar-refractivity contribution in [2.45, 2.75) is 59.1 Å². The first-order chi connectivity index (χ1) is 37.2. The lowest BCUT2D eigenvalue weighted by molar-refractivity contribution is 0.103. The van der Waals surface area contributed by atoms with Gasteiger partial charge in [0, 0.05) is 44.0 Å². The van der Waals surface area contributed by atoms with E-state index in [1.54, 1.807) is 59.1 Å². The minimum atomic E-state index is -3.80. The van der Waals surface area contributed by atoms with Crippen molar-refractivity contribution >= 4 is 39.1 Å². The predicted molar refractivity (Wildman–Crippen MR) is 286 cm³/mol. The molecule has 0 atom stereocenters. The zero-order chi connectivity index (χ0) is 58.6. The highest BCUT2D eigenvalue weighted by Gasteiger charge is 2.19. The second kappa shape index (κ2) is 30.6. The van der Waals surface area contributed by atoms with Crippen LogP contribution in [0.25, 0.3) is 0 Å². The van der Waals surface area contributed by atoms with Crippen LogP contribution in [0.4, 0.5) is 52.7 Å². The number of rotatable bonds is 7. The van der Waals surface area contributed by atoms with E-state index in [9.17, 15) is 65.9 Å². The second-order valence-corrected chi connectivity index (χ2v) is 20.8. The van der Waals surface area contributed by atoms with Crippen LogP contribution in [0.15, 0.2) is 206 Å². The Morgan fingerprint density at radius 3 is 1.19 bits per heavy atom. The summed E-state index contributed by atoms with van der Waals surface area (Å²) in [5.74, 6) is -5.68. The number of aryl methyl sites for hydroxylation is 5. The second-order valence-electron chi connectivity index (χ2n) is 16.8. The summed E-state index contributed by atoms with van der Waals surface area (Å²) in [5.41, 5.74) is 3.27. The molecule has 0 heterocycles. The quantitative estimate of drug-likeness (QED) is 0.0689. The Morgan fingerprint density at radius 1 is 0.329 bits per heavy atom. The monoisotopic (exact) mass is 1150 g/mol. The fraction of sp³-hybridized carbons (Fsp3) is 0.0984. The maximum absolute atomic E-state index is 13.4. The smallest absolute Gasteiger partial charge is 0.206 e. The van der Waals surface area contributed by atoms with Crippen molar-refractivity contribution in [3.63, 3.8) is 0 Å². The summed E-state index contributed by atoms with van der Waals surface area (Å²) in [6.07, 6.45) is 1.77. The lowest BCUT2D eigenvalue weighted by atomic mass is 10.0. The first kappa shape index (κ1) is 64.0. The summed E-state index contributed by atoms with van der Waals surface area (Å²) in [7, 11) is -3.80. The van der Waals surface area contributed by atoms with Crippen LogP contribution in [0.3, 0.4) is 0 Å². The molecule has 0 amide bonds. The van der Waals surface area contributed by atoms with Gasteiger partial charge < -0.3 is 0 Å². The van der Waals surface area contributed by atoms with E-state index >= 15 is 0 Å². The molecule has 0 aromatic heterocycles. The topological polar surface area (TPSA) is 51.2 Å². The Morgan fingerprint density at radius 2 is 0.734 bits per heavy atom. The number of carbonyl (C=O) groups excluding carboxylic acids is 1. The van der Waals surface area contributed by atoms with Gasteiger partial charge in [0.1, 0.15) is 69.8 Å². The van der Waals surface area contributed by atoms with E-state index in [0.29, 0.717) is 43.8 Å². The summed E-state index contributed by atoms with van der Waals surface area (Å²) >= 11 is 2.73. The summed E-state index contributed by atoms with van der Waals surface area (Å²) in [4.78, 5) is 14.1. The van der Waals surface area contributed by atoms with Gasteiger partial charge in [-0.05, 0) is 214 Å². The van der Waals surface area contributed by atoms with Crippen LogP contribution in [0.2, 0.25) is 0 Å². The van der Waals surface area contributed by atoms with Gasteiger partial charge in [0.2, 0.25) is 9.84 Å². The van der Waals surface area contributed by atoms with Crippen molar-refractivity contribution in [2.24, 2.45) is 0 Å². The lowest BCUT2D eigenvalue weighted by Crippen LogP contribution is -2.03. The van der Waals surface area contributed by atoms with Crippen LogP contribution in [0, 0.1) is 104 Å². The van der Waals surface area contributed by atoms with Gasteiger partial charge in [0.05, 0.1) is 9.79 Å².